The molecule has 0 aliphatic heterocycles. The molecule has 1 rings (SSSR count). The van der Waals surface area contributed by atoms with Gasteiger partial charge in [0.25, 0.3) is 0 Å². The largest absolute Gasteiger partial charge is 0.465 e. The molecule has 1 aromatic carbocycles. The summed E-state index contributed by atoms with van der Waals surface area (Å²) in [5, 5.41) is 3.16. The fraction of sp³-hybridized carbons (Fsp3) is 0.471. The molecular weight excluding hydrogens is 332 g/mol. The van der Waals surface area contributed by atoms with Crippen molar-refractivity contribution >= 4 is 35.1 Å². The third-order valence-corrected chi connectivity index (χ3v) is 3.94. The van der Waals surface area contributed by atoms with Crippen LogP contribution in [-0.4, -0.2) is 37.5 Å². The molecule has 0 aliphatic rings. The summed E-state index contributed by atoms with van der Waals surface area (Å²) in [5.41, 5.74) is 0.663. The minimum Gasteiger partial charge on any atom is -0.465 e. The van der Waals surface area contributed by atoms with E-state index in [1.54, 1.807) is 0 Å². The molecule has 24 heavy (non-hydrogen) atoms. The smallest absolute Gasteiger partial charge is 0.337 e. The molecule has 1 atom stereocenters. The van der Waals surface area contributed by atoms with Crippen LogP contribution < -0.4 is 10.2 Å². The van der Waals surface area contributed by atoms with Crippen molar-refractivity contribution in [2.45, 2.75) is 39.7 Å². The minimum absolute atomic E-state index is 0.0783. The van der Waals surface area contributed by atoms with E-state index in [1.807, 2.05) is 13.8 Å². The molecule has 0 aromatic heterocycles. The standard InChI is InChI=1S/C17H23ClN2O4/c1-5-11(2)19-16(22)8-9-20(12(3)21)15-10-13(17(23)24-4)6-7-14(15)18/h6-7,10-11H,5,8-9H2,1-4H3,(H,19,22). The van der Waals surface area contributed by atoms with Gasteiger partial charge in [0, 0.05) is 25.9 Å². The third-order valence-electron chi connectivity index (χ3n) is 3.62. The molecular formula is C17H23ClN2O4. The Balaban J connectivity index is 2.94. The molecule has 0 saturated heterocycles. The van der Waals surface area contributed by atoms with Gasteiger partial charge in [-0.1, -0.05) is 18.5 Å². The predicted octanol–water partition coefficient (Wildman–Crippen LogP) is 2.78. The van der Waals surface area contributed by atoms with Gasteiger partial charge in [0.15, 0.2) is 0 Å². The van der Waals surface area contributed by atoms with Crippen molar-refractivity contribution in [2.24, 2.45) is 0 Å². The lowest BCUT2D eigenvalue weighted by Gasteiger charge is -2.23. The first-order valence-electron chi connectivity index (χ1n) is 7.75. The summed E-state index contributed by atoms with van der Waals surface area (Å²) in [7, 11) is 1.28. The molecule has 1 unspecified atom stereocenters. The first-order valence-corrected chi connectivity index (χ1v) is 8.13. The number of carbonyl (C=O) groups excluding carboxylic acids is 3. The highest BCUT2D eigenvalue weighted by atomic mass is 35.5. The Morgan fingerprint density at radius 1 is 1.33 bits per heavy atom. The third kappa shape index (κ3) is 5.53. The van der Waals surface area contributed by atoms with Crippen LogP contribution in [0.5, 0.6) is 0 Å². The number of rotatable bonds is 7. The lowest BCUT2D eigenvalue weighted by molar-refractivity contribution is -0.121. The van der Waals surface area contributed by atoms with Crippen molar-refractivity contribution in [2.75, 3.05) is 18.6 Å². The van der Waals surface area contributed by atoms with Gasteiger partial charge in [-0.15, -0.1) is 0 Å². The Labute approximate surface area is 147 Å². The number of nitrogens with one attached hydrogen (secondary N) is 1. The second-order valence-electron chi connectivity index (χ2n) is 5.46. The van der Waals surface area contributed by atoms with Crippen molar-refractivity contribution in [1.29, 1.82) is 0 Å². The molecule has 2 amide bonds. The summed E-state index contributed by atoms with van der Waals surface area (Å²) in [4.78, 5) is 36.9. The summed E-state index contributed by atoms with van der Waals surface area (Å²) in [5.74, 6) is -0.933. The summed E-state index contributed by atoms with van der Waals surface area (Å²) in [6, 6.07) is 4.61. The summed E-state index contributed by atoms with van der Waals surface area (Å²) < 4.78 is 4.68. The van der Waals surface area contributed by atoms with Crippen LogP contribution in [0, 0.1) is 0 Å². The van der Waals surface area contributed by atoms with E-state index in [-0.39, 0.29) is 36.4 Å². The first-order chi connectivity index (χ1) is 11.3. The van der Waals surface area contributed by atoms with E-state index in [0.29, 0.717) is 10.7 Å². The number of hydrogen-bond donors (Lipinski definition) is 1. The van der Waals surface area contributed by atoms with Gasteiger partial charge in [0.2, 0.25) is 11.8 Å². The maximum Gasteiger partial charge on any atom is 0.337 e. The van der Waals surface area contributed by atoms with Crippen molar-refractivity contribution in [3.63, 3.8) is 0 Å². The first kappa shape index (κ1) is 20.0. The second kappa shape index (κ2) is 9.27. The molecule has 7 heteroatoms. The molecule has 6 nitrogen and oxygen atoms in total. The quantitative estimate of drug-likeness (QED) is 0.764. The van der Waals surface area contributed by atoms with Crippen LogP contribution in [0.3, 0.4) is 0 Å². The Bertz CT molecular complexity index is 619. The van der Waals surface area contributed by atoms with Gasteiger partial charge in [-0.2, -0.15) is 0 Å². The molecule has 0 radical (unpaired) electrons. The molecule has 0 bridgehead atoms. The highest BCUT2D eigenvalue weighted by Gasteiger charge is 2.19. The number of methoxy groups -OCH3 is 1. The zero-order valence-corrected chi connectivity index (χ0v) is 15.1. The average Bonchev–Trinajstić information content (AvgIpc) is 2.55. The van der Waals surface area contributed by atoms with Gasteiger partial charge in [0.1, 0.15) is 0 Å². The lowest BCUT2D eigenvalue weighted by Crippen LogP contribution is -2.37. The summed E-state index contributed by atoms with van der Waals surface area (Å²) in [6.07, 6.45) is 0.970. The minimum atomic E-state index is -0.522. The molecule has 132 valence electrons. The van der Waals surface area contributed by atoms with Crippen molar-refractivity contribution in [3.05, 3.63) is 28.8 Å². The van der Waals surface area contributed by atoms with E-state index in [4.69, 9.17) is 11.6 Å². The highest BCUT2D eigenvalue weighted by molar-refractivity contribution is 6.34. The average molecular weight is 355 g/mol. The topological polar surface area (TPSA) is 75.7 Å². The molecule has 0 fully saturated rings. The number of halogens is 1. The van der Waals surface area contributed by atoms with Crippen LogP contribution in [0.25, 0.3) is 0 Å². The van der Waals surface area contributed by atoms with Gasteiger partial charge in [-0.05, 0) is 31.5 Å². The number of esters is 1. The van der Waals surface area contributed by atoms with Crippen LogP contribution in [-0.2, 0) is 14.3 Å². The SMILES string of the molecule is CCC(C)NC(=O)CCN(C(C)=O)c1cc(C(=O)OC)ccc1Cl. The Kier molecular flexibility index (Phi) is 7.71. The van der Waals surface area contributed by atoms with Gasteiger partial charge in [-0.3, -0.25) is 9.59 Å². The number of anilines is 1. The van der Waals surface area contributed by atoms with Gasteiger partial charge < -0.3 is 15.0 Å². The maximum atomic E-state index is 12.0. The monoisotopic (exact) mass is 354 g/mol. The Morgan fingerprint density at radius 3 is 2.54 bits per heavy atom. The van der Waals surface area contributed by atoms with Crippen LogP contribution in [0.2, 0.25) is 5.02 Å². The molecule has 1 N–H and O–H groups in total. The highest BCUT2D eigenvalue weighted by Crippen LogP contribution is 2.28. The number of carbonyl (C=O) groups is 3. The number of hydrogen-bond acceptors (Lipinski definition) is 4. The van der Waals surface area contributed by atoms with Crippen LogP contribution in [0.1, 0.15) is 44.0 Å². The fourth-order valence-corrected chi connectivity index (χ4v) is 2.29. The van der Waals surface area contributed by atoms with Crippen LogP contribution in [0.15, 0.2) is 18.2 Å². The van der Waals surface area contributed by atoms with E-state index in [2.05, 4.69) is 10.1 Å². The molecule has 0 spiro atoms. The Morgan fingerprint density at radius 2 is 2.00 bits per heavy atom. The molecule has 0 aliphatic carbocycles. The molecule has 0 saturated carbocycles. The van der Waals surface area contributed by atoms with E-state index in [0.717, 1.165) is 6.42 Å². The van der Waals surface area contributed by atoms with Gasteiger partial charge in [0.05, 0.1) is 23.4 Å². The van der Waals surface area contributed by atoms with E-state index < -0.39 is 5.97 Å². The predicted molar refractivity (Wildman–Crippen MR) is 93.3 cm³/mol. The summed E-state index contributed by atoms with van der Waals surface area (Å²) >= 11 is 6.16. The van der Waals surface area contributed by atoms with E-state index in [1.165, 1.54) is 37.1 Å². The van der Waals surface area contributed by atoms with Crippen molar-refractivity contribution in [3.8, 4) is 0 Å². The van der Waals surface area contributed by atoms with E-state index >= 15 is 0 Å². The van der Waals surface area contributed by atoms with Crippen molar-refractivity contribution < 1.29 is 19.1 Å². The van der Waals surface area contributed by atoms with E-state index in [9.17, 15) is 14.4 Å². The van der Waals surface area contributed by atoms with Gasteiger partial charge in [-0.25, -0.2) is 4.79 Å². The zero-order valence-electron chi connectivity index (χ0n) is 14.4. The summed E-state index contributed by atoms with van der Waals surface area (Å²) in [6.45, 7) is 5.44. The second-order valence-corrected chi connectivity index (χ2v) is 5.86. The zero-order chi connectivity index (χ0) is 18.3. The lowest BCUT2D eigenvalue weighted by atomic mass is 10.1. The molecule has 0 heterocycles. The number of ether oxygens (including phenoxy) is 1. The number of nitrogens with zero attached hydrogens (tertiary/aromatic N) is 1. The Hall–Kier alpha value is -2.08. The molecule has 1 aromatic rings. The fourth-order valence-electron chi connectivity index (χ4n) is 2.07. The van der Waals surface area contributed by atoms with Crippen LogP contribution in [0.4, 0.5) is 5.69 Å². The maximum absolute atomic E-state index is 12.0. The number of benzene rings is 1. The van der Waals surface area contributed by atoms with Gasteiger partial charge >= 0.3 is 5.97 Å². The van der Waals surface area contributed by atoms with Crippen LogP contribution >= 0.6 is 11.6 Å². The van der Waals surface area contributed by atoms with Crippen molar-refractivity contribution in [1.82, 2.24) is 5.32 Å². The number of amides is 2. The normalized spacial score (nSPS) is 11.5.